The molecule has 5 nitrogen and oxygen atoms in total. The van der Waals surface area contributed by atoms with E-state index in [2.05, 4.69) is 9.97 Å². The summed E-state index contributed by atoms with van der Waals surface area (Å²) in [5.41, 5.74) is 1.78. The first-order valence-electron chi connectivity index (χ1n) is 6.41. The van der Waals surface area contributed by atoms with Crippen molar-refractivity contribution in [3.63, 3.8) is 0 Å². The lowest BCUT2D eigenvalue weighted by atomic mass is 9.90. The minimum absolute atomic E-state index is 0.171. The molecule has 2 aromatic rings. The molecular weight excluding hydrogens is 268 g/mol. The molecule has 0 saturated heterocycles. The molecule has 1 aromatic carbocycles. The van der Waals surface area contributed by atoms with Crippen molar-refractivity contribution < 1.29 is 14.3 Å². The zero-order valence-electron chi connectivity index (χ0n) is 11.4. The third-order valence-electron chi connectivity index (χ3n) is 3.32. The fourth-order valence-corrected chi connectivity index (χ4v) is 2.29. The number of nitrogens with zero attached hydrogens (tertiary/aromatic N) is 2. The number of benzene rings is 1. The average Bonchev–Trinajstić information content (AvgIpc) is 2.52. The lowest BCUT2D eigenvalue weighted by Crippen LogP contribution is -2.20. The molecule has 0 amide bonds. The van der Waals surface area contributed by atoms with Gasteiger partial charge in [-0.1, -0.05) is 12.1 Å². The van der Waals surface area contributed by atoms with Crippen LogP contribution in [0.25, 0.3) is 0 Å². The van der Waals surface area contributed by atoms with Gasteiger partial charge in [0.25, 0.3) is 0 Å². The third kappa shape index (κ3) is 2.45. The molecule has 1 aliphatic rings. The number of aromatic nitrogens is 2. The number of methoxy groups -OCH3 is 1. The summed E-state index contributed by atoms with van der Waals surface area (Å²) >= 11 is 0. The largest absolute Gasteiger partial charge is 0.497 e. The van der Waals surface area contributed by atoms with Crippen LogP contribution in [-0.2, 0) is 6.42 Å². The number of carbonyl (C=O) groups is 2. The molecule has 0 fully saturated rings. The molecule has 0 bridgehead atoms. The van der Waals surface area contributed by atoms with Gasteiger partial charge in [-0.25, -0.2) is 9.97 Å². The number of Topliss-reactive ketones (excluding diaryl/α,β-unsaturated/α-hetero) is 1. The predicted molar refractivity (Wildman–Crippen MR) is 75.5 cm³/mol. The minimum atomic E-state index is -0.259. The van der Waals surface area contributed by atoms with E-state index in [-0.39, 0.29) is 22.8 Å². The Kier molecular flexibility index (Phi) is 3.31. The fourth-order valence-electron chi connectivity index (χ4n) is 2.29. The van der Waals surface area contributed by atoms with Gasteiger partial charge in [0.1, 0.15) is 17.8 Å². The first-order valence-corrected chi connectivity index (χ1v) is 6.41. The van der Waals surface area contributed by atoms with Gasteiger partial charge < -0.3 is 4.74 Å². The van der Waals surface area contributed by atoms with Crippen molar-refractivity contribution in [3.05, 3.63) is 65.3 Å². The van der Waals surface area contributed by atoms with Crippen LogP contribution in [0.4, 0.5) is 0 Å². The normalized spacial score (nSPS) is 13.7. The summed E-state index contributed by atoms with van der Waals surface area (Å²) in [6.07, 6.45) is 4.39. The van der Waals surface area contributed by atoms with Crippen molar-refractivity contribution in [3.8, 4) is 5.75 Å². The Bertz CT molecular complexity index is 766. The number of hydrogen-bond donors (Lipinski definition) is 0. The van der Waals surface area contributed by atoms with E-state index in [4.69, 9.17) is 4.74 Å². The number of ketones is 2. The lowest BCUT2D eigenvalue weighted by molar-refractivity contribution is 0.0978. The van der Waals surface area contributed by atoms with Gasteiger partial charge >= 0.3 is 0 Å². The summed E-state index contributed by atoms with van der Waals surface area (Å²) in [6.45, 7) is 0. The summed E-state index contributed by atoms with van der Waals surface area (Å²) in [5, 5.41) is 0. The SMILES string of the molecule is COc1cccc(CC2=CC(=O)c3ncncc3C2=O)c1. The zero-order chi connectivity index (χ0) is 14.8. The van der Waals surface area contributed by atoms with Gasteiger partial charge in [-0.3, -0.25) is 9.59 Å². The van der Waals surface area contributed by atoms with Crippen LogP contribution in [0.1, 0.15) is 26.4 Å². The number of rotatable bonds is 3. The van der Waals surface area contributed by atoms with Crippen molar-refractivity contribution in [1.29, 1.82) is 0 Å². The molecule has 21 heavy (non-hydrogen) atoms. The highest BCUT2D eigenvalue weighted by molar-refractivity contribution is 6.23. The topological polar surface area (TPSA) is 69.2 Å². The zero-order valence-corrected chi connectivity index (χ0v) is 11.4. The molecule has 0 N–H and O–H groups in total. The van der Waals surface area contributed by atoms with E-state index in [0.29, 0.717) is 17.7 Å². The van der Waals surface area contributed by atoms with E-state index in [1.807, 2.05) is 24.3 Å². The molecule has 0 saturated carbocycles. The fraction of sp³-hybridized carbons (Fsp3) is 0.125. The Morgan fingerprint density at radius 2 is 2.10 bits per heavy atom. The Balaban J connectivity index is 1.93. The van der Waals surface area contributed by atoms with Crippen LogP contribution in [-0.4, -0.2) is 28.6 Å². The molecule has 0 unspecified atom stereocenters. The summed E-state index contributed by atoms with van der Waals surface area (Å²) in [7, 11) is 1.58. The second-order valence-corrected chi connectivity index (χ2v) is 4.68. The molecule has 0 radical (unpaired) electrons. The molecule has 1 heterocycles. The predicted octanol–water partition coefficient (Wildman–Crippen LogP) is 2.03. The maximum absolute atomic E-state index is 12.4. The van der Waals surface area contributed by atoms with Gasteiger partial charge in [0.15, 0.2) is 5.78 Å². The highest BCUT2D eigenvalue weighted by atomic mass is 16.5. The van der Waals surface area contributed by atoms with E-state index in [1.54, 1.807) is 7.11 Å². The average molecular weight is 280 g/mol. The van der Waals surface area contributed by atoms with Crippen LogP contribution in [0.15, 0.2) is 48.4 Å². The van der Waals surface area contributed by atoms with E-state index < -0.39 is 0 Å². The Labute approximate surface area is 121 Å². The van der Waals surface area contributed by atoms with Crippen LogP contribution in [0, 0.1) is 0 Å². The molecule has 0 spiro atoms. The second kappa shape index (κ2) is 5.28. The number of carbonyl (C=O) groups excluding carboxylic acids is 2. The van der Waals surface area contributed by atoms with Crippen molar-refractivity contribution in [1.82, 2.24) is 9.97 Å². The summed E-state index contributed by atoms with van der Waals surface area (Å²) in [6, 6.07) is 7.41. The summed E-state index contributed by atoms with van der Waals surface area (Å²) in [4.78, 5) is 32.1. The quantitative estimate of drug-likeness (QED) is 0.860. The molecular formula is C16H12N2O3. The van der Waals surface area contributed by atoms with Crippen LogP contribution in [0.5, 0.6) is 5.75 Å². The first kappa shape index (κ1) is 13.2. The molecule has 0 aliphatic heterocycles. The Morgan fingerprint density at radius 1 is 1.24 bits per heavy atom. The minimum Gasteiger partial charge on any atom is -0.497 e. The smallest absolute Gasteiger partial charge is 0.205 e. The second-order valence-electron chi connectivity index (χ2n) is 4.68. The molecule has 3 rings (SSSR count). The van der Waals surface area contributed by atoms with Gasteiger partial charge in [0, 0.05) is 18.2 Å². The van der Waals surface area contributed by atoms with Gasteiger partial charge in [-0.2, -0.15) is 0 Å². The Hall–Kier alpha value is -2.82. The van der Waals surface area contributed by atoms with Crippen LogP contribution in [0.2, 0.25) is 0 Å². The van der Waals surface area contributed by atoms with Gasteiger partial charge in [0.2, 0.25) is 5.78 Å². The van der Waals surface area contributed by atoms with E-state index >= 15 is 0 Å². The highest BCUT2D eigenvalue weighted by Crippen LogP contribution is 2.23. The van der Waals surface area contributed by atoms with Crippen LogP contribution >= 0.6 is 0 Å². The molecule has 1 aromatic heterocycles. The van der Waals surface area contributed by atoms with E-state index in [9.17, 15) is 9.59 Å². The van der Waals surface area contributed by atoms with Crippen molar-refractivity contribution in [2.75, 3.05) is 7.11 Å². The Morgan fingerprint density at radius 3 is 2.90 bits per heavy atom. The van der Waals surface area contributed by atoms with Crippen molar-refractivity contribution in [2.24, 2.45) is 0 Å². The van der Waals surface area contributed by atoms with Crippen LogP contribution in [0.3, 0.4) is 0 Å². The van der Waals surface area contributed by atoms with Gasteiger partial charge in [-0.15, -0.1) is 0 Å². The number of fused-ring (bicyclic) bond motifs is 1. The lowest BCUT2D eigenvalue weighted by Gasteiger charge is -2.13. The number of hydrogen-bond acceptors (Lipinski definition) is 5. The third-order valence-corrected chi connectivity index (χ3v) is 3.32. The van der Waals surface area contributed by atoms with Crippen molar-refractivity contribution >= 4 is 11.6 Å². The molecule has 1 aliphatic carbocycles. The summed E-state index contributed by atoms with van der Waals surface area (Å²) in [5.74, 6) is 0.254. The molecule has 5 heteroatoms. The highest BCUT2D eigenvalue weighted by Gasteiger charge is 2.26. The molecule has 104 valence electrons. The van der Waals surface area contributed by atoms with E-state index in [0.717, 1.165) is 5.56 Å². The van der Waals surface area contributed by atoms with Gasteiger partial charge in [0.05, 0.1) is 12.7 Å². The maximum Gasteiger partial charge on any atom is 0.205 e. The monoisotopic (exact) mass is 280 g/mol. The van der Waals surface area contributed by atoms with Crippen LogP contribution < -0.4 is 4.74 Å². The molecule has 0 atom stereocenters. The standard InChI is InChI=1S/C16H12N2O3/c1-21-12-4-2-3-10(6-12)5-11-7-14(19)15-13(16(11)20)8-17-9-18-15/h2-4,6-9H,5H2,1H3. The van der Waals surface area contributed by atoms with Gasteiger partial charge in [-0.05, 0) is 23.8 Å². The maximum atomic E-state index is 12.4. The van der Waals surface area contributed by atoms with E-state index in [1.165, 1.54) is 18.6 Å². The number of allylic oxidation sites excluding steroid dienone is 2. The number of ether oxygens (including phenoxy) is 1. The summed E-state index contributed by atoms with van der Waals surface area (Å²) < 4.78 is 5.16. The van der Waals surface area contributed by atoms with Crippen molar-refractivity contribution in [2.45, 2.75) is 6.42 Å². The first-order chi connectivity index (χ1) is 10.2.